The third kappa shape index (κ3) is 3.78. The number of hydrogen-bond donors (Lipinski definition) is 0. The molecule has 0 bridgehead atoms. The van der Waals surface area contributed by atoms with Gasteiger partial charge in [0.15, 0.2) is 0 Å². The number of hydrogen-bond acceptors (Lipinski definition) is 4. The molecule has 2 aromatic rings. The summed E-state index contributed by atoms with van der Waals surface area (Å²) < 4.78 is 1.29. The molecule has 1 amide bonds. The summed E-state index contributed by atoms with van der Waals surface area (Å²) in [5.41, 5.74) is 1.25. The van der Waals surface area contributed by atoms with E-state index in [1.54, 1.807) is 30.3 Å². The van der Waals surface area contributed by atoms with E-state index in [1.807, 2.05) is 19.2 Å². The van der Waals surface area contributed by atoms with Crippen LogP contribution in [0.25, 0.3) is 11.3 Å². The van der Waals surface area contributed by atoms with Crippen LogP contribution in [0, 0.1) is 0 Å². The van der Waals surface area contributed by atoms with Gasteiger partial charge < -0.3 is 4.90 Å². The Morgan fingerprint density at radius 2 is 1.84 bits per heavy atom. The van der Waals surface area contributed by atoms with Crippen molar-refractivity contribution in [2.45, 2.75) is 51.1 Å². The van der Waals surface area contributed by atoms with E-state index in [2.05, 4.69) is 10.1 Å². The molecule has 2 heterocycles. The van der Waals surface area contributed by atoms with Gasteiger partial charge in [0, 0.05) is 37.1 Å². The van der Waals surface area contributed by atoms with Gasteiger partial charge in [-0.2, -0.15) is 5.10 Å². The summed E-state index contributed by atoms with van der Waals surface area (Å²) in [6.45, 7) is 1.74. The van der Waals surface area contributed by atoms with Crippen LogP contribution in [0.2, 0.25) is 0 Å². The van der Waals surface area contributed by atoms with Crippen LogP contribution in [-0.4, -0.2) is 38.7 Å². The zero-order valence-electron chi connectivity index (χ0n) is 14.8. The number of amides is 1. The van der Waals surface area contributed by atoms with E-state index in [0.717, 1.165) is 31.2 Å². The number of rotatable bonds is 4. The molecule has 0 spiro atoms. The van der Waals surface area contributed by atoms with Crippen molar-refractivity contribution in [3.8, 4) is 11.3 Å². The molecule has 25 heavy (non-hydrogen) atoms. The molecule has 2 aromatic heterocycles. The van der Waals surface area contributed by atoms with Crippen molar-refractivity contribution in [3.63, 3.8) is 0 Å². The van der Waals surface area contributed by atoms with Crippen LogP contribution in [0.4, 0.5) is 0 Å². The molecule has 0 aliphatic heterocycles. The number of aromatic nitrogens is 3. The lowest BCUT2D eigenvalue weighted by Crippen LogP contribution is -2.43. The SMILES string of the molecule is CC(C(=O)N(C)C1CCCCC1)n1nc(-c2ccncc2)ccc1=O. The molecule has 6 nitrogen and oxygen atoms in total. The Balaban J connectivity index is 1.84. The summed E-state index contributed by atoms with van der Waals surface area (Å²) in [5, 5.41) is 4.42. The van der Waals surface area contributed by atoms with Gasteiger partial charge in [0.05, 0.1) is 5.69 Å². The molecular weight excluding hydrogens is 316 g/mol. The topological polar surface area (TPSA) is 68.1 Å². The Labute approximate surface area is 147 Å². The second-order valence-corrected chi connectivity index (χ2v) is 6.65. The Morgan fingerprint density at radius 3 is 2.52 bits per heavy atom. The first-order chi connectivity index (χ1) is 12.1. The molecule has 0 radical (unpaired) electrons. The second-order valence-electron chi connectivity index (χ2n) is 6.65. The highest BCUT2D eigenvalue weighted by atomic mass is 16.2. The summed E-state index contributed by atoms with van der Waals surface area (Å²) in [6.07, 6.45) is 8.99. The van der Waals surface area contributed by atoms with Crippen LogP contribution in [0.3, 0.4) is 0 Å². The van der Waals surface area contributed by atoms with Crippen molar-refractivity contribution < 1.29 is 4.79 Å². The van der Waals surface area contributed by atoms with Gasteiger partial charge in [-0.15, -0.1) is 0 Å². The summed E-state index contributed by atoms with van der Waals surface area (Å²) in [7, 11) is 1.84. The van der Waals surface area contributed by atoms with Crippen molar-refractivity contribution in [1.82, 2.24) is 19.7 Å². The largest absolute Gasteiger partial charge is 0.341 e. The highest BCUT2D eigenvalue weighted by Crippen LogP contribution is 2.23. The second kappa shape index (κ2) is 7.59. The molecule has 1 aliphatic carbocycles. The first-order valence-electron chi connectivity index (χ1n) is 8.85. The summed E-state index contributed by atoms with van der Waals surface area (Å²) >= 11 is 0. The van der Waals surface area contributed by atoms with E-state index >= 15 is 0 Å². The first-order valence-corrected chi connectivity index (χ1v) is 8.85. The molecule has 0 N–H and O–H groups in total. The predicted octanol–water partition coefficient (Wildman–Crippen LogP) is 2.66. The van der Waals surface area contributed by atoms with Gasteiger partial charge in [0.25, 0.3) is 5.56 Å². The van der Waals surface area contributed by atoms with Crippen molar-refractivity contribution in [2.24, 2.45) is 0 Å². The van der Waals surface area contributed by atoms with Crippen molar-refractivity contribution >= 4 is 5.91 Å². The van der Waals surface area contributed by atoms with Crippen molar-refractivity contribution in [1.29, 1.82) is 0 Å². The number of pyridine rings is 1. The Kier molecular flexibility index (Phi) is 5.26. The average molecular weight is 340 g/mol. The van der Waals surface area contributed by atoms with Gasteiger partial charge in [-0.05, 0) is 38.0 Å². The molecule has 1 aliphatic rings. The standard InChI is InChI=1S/C19H24N4O2/c1-14(19(25)22(2)16-6-4-3-5-7-16)23-18(24)9-8-17(21-23)15-10-12-20-13-11-15/h8-14,16H,3-7H2,1-2H3. The Morgan fingerprint density at radius 1 is 1.16 bits per heavy atom. The lowest BCUT2D eigenvalue weighted by molar-refractivity contribution is -0.136. The fourth-order valence-corrected chi connectivity index (χ4v) is 3.43. The molecule has 0 aromatic carbocycles. The lowest BCUT2D eigenvalue weighted by atomic mass is 9.94. The van der Waals surface area contributed by atoms with E-state index in [9.17, 15) is 9.59 Å². The van der Waals surface area contributed by atoms with Gasteiger partial charge in [-0.3, -0.25) is 14.6 Å². The molecule has 1 atom stereocenters. The van der Waals surface area contributed by atoms with Gasteiger partial charge in [-0.25, -0.2) is 4.68 Å². The fraction of sp³-hybridized carbons (Fsp3) is 0.474. The Bertz CT molecular complexity index is 782. The fourth-order valence-electron chi connectivity index (χ4n) is 3.43. The zero-order chi connectivity index (χ0) is 17.8. The number of likely N-dealkylation sites (N-methyl/N-ethyl adjacent to an activating group) is 1. The van der Waals surface area contributed by atoms with Gasteiger partial charge >= 0.3 is 0 Å². The van der Waals surface area contributed by atoms with Crippen LogP contribution in [0.15, 0.2) is 41.5 Å². The number of carbonyl (C=O) groups is 1. The quantitative estimate of drug-likeness (QED) is 0.858. The van der Waals surface area contributed by atoms with E-state index in [-0.39, 0.29) is 17.5 Å². The van der Waals surface area contributed by atoms with Crippen LogP contribution in [-0.2, 0) is 4.79 Å². The lowest BCUT2D eigenvalue weighted by Gasteiger charge is -2.33. The van der Waals surface area contributed by atoms with E-state index in [4.69, 9.17) is 0 Å². The van der Waals surface area contributed by atoms with E-state index < -0.39 is 6.04 Å². The molecule has 1 unspecified atom stereocenters. The smallest absolute Gasteiger partial charge is 0.267 e. The summed E-state index contributed by atoms with van der Waals surface area (Å²) in [4.78, 5) is 30.9. The molecule has 6 heteroatoms. The minimum Gasteiger partial charge on any atom is -0.341 e. The minimum absolute atomic E-state index is 0.0617. The highest BCUT2D eigenvalue weighted by molar-refractivity contribution is 5.80. The highest BCUT2D eigenvalue weighted by Gasteiger charge is 2.27. The summed E-state index contributed by atoms with van der Waals surface area (Å²) in [5.74, 6) is -0.0617. The maximum Gasteiger partial charge on any atom is 0.267 e. The molecular formula is C19H24N4O2. The third-order valence-electron chi connectivity index (χ3n) is 5.00. The van der Waals surface area contributed by atoms with E-state index in [1.165, 1.54) is 17.2 Å². The predicted molar refractivity (Wildman–Crippen MR) is 96.1 cm³/mol. The van der Waals surface area contributed by atoms with Crippen LogP contribution >= 0.6 is 0 Å². The Hall–Kier alpha value is -2.50. The maximum atomic E-state index is 12.9. The normalized spacial score (nSPS) is 16.4. The van der Waals surface area contributed by atoms with Crippen molar-refractivity contribution in [3.05, 3.63) is 47.0 Å². The molecule has 3 rings (SSSR count). The molecule has 1 fully saturated rings. The van der Waals surface area contributed by atoms with Crippen LogP contribution in [0.1, 0.15) is 45.1 Å². The zero-order valence-corrected chi connectivity index (χ0v) is 14.8. The van der Waals surface area contributed by atoms with Gasteiger partial charge in [0.2, 0.25) is 5.91 Å². The monoisotopic (exact) mass is 340 g/mol. The van der Waals surface area contributed by atoms with E-state index in [0.29, 0.717) is 5.69 Å². The maximum absolute atomic E-state index is 12.9. The van der Waals surface area contributed by atoms with Gasteiger partial charge in [0.1, 0.15) is 6.04 Å². The third-order valence-corrected chi connectivity index (χ3v) is 5.00. The summed E-state index contributed by atoms with van der Waals surface area (Å²) in [6, 6.07) is 6.45. The first kappa shape index (κ1) is 17.3. The number of nitrogens with zero attached hydrogens (tertiary/aromatic N) is 4. The number of carbonyl (C=O) groups excluding carboxylic acids is 1. The molecule has 132 valence electrons. The van der Waals surface area contributed by atoms with Gasteiger partial charge in [-0.1, -0.05) is 19.3 Å². The van der Waals surface area contributed by atoms with Crippen LogP contribution in [0.5, 0.6) is 0 Å². The molecule has 1 saturated carbocycles. The minimum atomic E-state index is -0.624. The van der Waals surface area contributed by atoms with Crippen LogP contribution < -0.4 is 5.56 Å². The van der Waals surface area contributed by atoms with Crippen molar-refractivity contribution in [2.75, 3.05) is 7.05 Å². The molecule has 0 saturated heterocycles. The average Bonchev–Trinajstić information content (AvgIpc) is 2.68.